The van der Waals surface area contributed by atoms with E-state index in [-0.39, 0.29) is 5.97 Å². The second-order valence-electron chi connectivity index (χ2n) is 3.52. The summed E-state index contributed by atoms with van der Waals surface area (Å²) in [5, 5.41) is 0. The van der Waals surface area contributed by atoms with Gasteiger partial charge in [-0.2, -0.15) is 0 Å². The van der Waals surface area contributed by atoms with Crippen molar-refractivity contribution in [2.75, 3.05) is 7.11 Å². The molecule has 1 aromatic rings. The lowest BCUT2D eigenvalue weighted by molar-refractivity contribution is -0.133. The van der Waals surface area contributed by atoms with Crippen LogP contribution in [0.2, 0.25) is 0 Å². The molecule has 0 aromatic heterocycles. The number of carbonyl (C=O) groups is 1. The van der Waals surface area contributed by atoms with Gasteiger partial charge in [-0.15, -0.1) is 0 Å². The number of esters is 1. The molecule has 0 bridgehead atoms. The predicted molar refractivity (Wildman–Crippen MR) is 60.8 cm³/mol. The van der Waals surface area contributed by atoms with Crippen molar-refractivity contribution in [1.82, 2.24) is 0 Å². The van der Waals surface area contributed by atoms with Crippen LogP contribution in [0.15, 0.2) is 41.7 Å². The number of cyclic esters (lactones) is 1. The van der Waals surface area contributed by atoms with Gasteiger partial charge in [0.2, 0.25) is 0 Å². The number of allylic oxidation sites excluding steroid dienone is 1. The smallest absolute Gasteiger partial charge is 0.343 e. The Kier molecular flexibility index (Phi) is 2.77. The highest BCUT2D eigenvalue weighted by Crippen LogP contribution is 2.20. The standard InChI is InChI=1S/C13H12O3/c1-9-7-11(13(14)16-9)8-10-3-5-12(15-2)6-4-10/h3-8H,1-2H3/b11-8-. The Balaban J connectivity index is 2.26. The Labute approximate surface area is 94.0 Å². The van der Waals surface area contributed by atoms with Gasteiger partial charge in [0.15, 0.2) is 0 Å². The highest BCUT2D eigenvalue weighted by atomic mass is 16.5. The first-order chi connectivity index (χ1) is 7.69. The van der Waals surface area contributed by atoms with Gasteiger partial charge in [0.25, 0.3) is 0 Å². The lowest BCUT2D eigenvalue weighted by atomic mass is 10.1. The van der Waals surface area contributed by atoms with E-state index < -0.39 is 0 Å². The Morgan fingerprint density at radius 2 is 1.94 bits per heavy atom. The van der Waals surface area contributed by atoms with Crippen LogP contribution in [-0.2, 0) is 9.53 Å². The van der Waals surface area contributed by atoms with Gasteiger partial charge in [0, 0.05) is 0 Å². The maximum Gasteiger partial charge on any atom is 0.343 e. The van der Waals surface area contributed by atoms with Crippen LogP contribution in [0.3, 0.4) is 0 Å². The summed E-state index contributed by atoms with van der Waals surface area (Å²) >= 11 is 0. The van der Waals surface area contributed by atoms with Gasteiger partial charge in [0.05, 0.1) is 12.7 Å². The second-order valence-corrected chi connectivity index (χ2v) is 3.52. The summed E-state index contributed by atoms with van der Waals surface area (Å²) in [6.45, 7) is 1.76. The quantitative estimate of drug-likeness (QED) is 0.563. The van der Waals surface area contributed by atoms with Crippen molar-refractivity contribution in [1.29, 1.82) is 0 Å². The molecule has 0 spiro atoms. The molecule has 0 fully saturated rings. The average molecular weight is 216 g/mol. The number of benzene rings is 1. The maximum atomic E-state index is 11.3. The summed E-state index contributed by atoms with van der Waals surface area (Å²) in [4.78, 5) is 11.3. The molecule has 0 aliphatic carbocycles. The number of rotatable bonds is 2. The van der Waals surface area contributed by atoms with E-state index in [1.54, 1.807) is 26.2 Å². The lowest BCUT2D eigenvalue weighted by Gasteiger charge is -1.99. The minimum atomic E-state index is -0.298. The number of hydrogen-bond acceptors (Lipinski definition) is 3. The van der Waals surface area contributed by atoms with E-state index in [4.69, 9.17) is 9.47 Å². The number of hydrogen-bond donors (Lipinski definition) is 0. The van der Waals surface area contributed by atoms with E-state index in [0.29, 0.717) is 11.3 Å². The summed E-state index contributed by atoms with van der Waals surface area (Å²) in [7, 11) is 1.62. The zero-order valence-electron chi connectivity index (χ0n) is 9.19. The molecule has 82 valence electrons. The van der Waals surface area contributed by atoms with Gasteiger partial charge in [-0.25, -0.2) is 4.79 Å². The van der Waals surface area contributed by atoms with Crippen molar-refractivity contribution < 1.29 is 14.3 Å². The van der Waals surface area contributed by atoms with E-state index >= 15 is 0 Å². The molecule has 0 radical (unpaired) electrons. The SMILES string of the molecule is COc1ccc(/C=C2/C=C(C)OC2=O)cc1. The fraction of sp³-hybridized carbons (Fsp3) is 0.154. The third-order valence-electron chi connectivity index (χ3n) is 2.29. The summed E-state index contributed by atoms with van der Waals surface area (Å²) in [6.07, 6.45) is 3.52. The molecule has 3 nitrogen and oxygen atoms in total. The van der Waals surface area contributed by atoms with Crippen LogP contribution in [0, 0.1) is 0 Å². The monoisotopic (exact) mass is 216 g/mol. The van der Waals surface area contributed by atoms with Crippen LogP contribution in [0.5, 0.6) is 5.75 Å². The third kappa shape index (κ3) is 2.14. The van der Waals surface area contributed by atoms with Crippen molar-refractivity contribution in [2.45, 2.75) is 6.92 Å². The minimum absolute atomic E-state index is 0.298. The first-order valence-electron chi connectivity index (χ1n) is 4.95. The fourth-order valence-electron chi connectivity index (χ4n) is 1.49. The van der Waals surface area contributed by atoms with Gasteiger partial charge < -0.3 is 9.47 Å². The van der Waals surface area contributed by atoms with Crippen LogP contribution in [0.4, 0.5) is 0 Å². The van der Waals surface area contributed by atoms with Crippen LogP contribution in [0.1, 0.15) is 12.5 Å². The first kappa shape index (κ1) is 10.5. The molecule has 1 aromatic carbocycles. The van der Waals surface area contributed by atoms with Crippen LogP contribution in [0.25, 0.3) is 6.08 Å². The topological polar surface area (TPSA) is 35.5 Å². The molecule has 0 atom stereocenters. The van der Waals surface area contributed by atoms with E-state index in [1.165, 1.54) is 0 Å². The Morgan fingerprint density at radius 3 is 2.44 bits per heavy atom. The number of carbonyl (C=O) groups excluding carboxylic acids is 1. The number of methoxy groups -OCH3 is 1. The number of ether oxygens (including phenoxy) is 2. The van der Waals surface area contributed by atoms with Crippen molar-refractivity contribution in [3.63, 3.8) is 0 Å². The fourth-order valence-corrected chi connectivity index (χ4v) is 1.49. The molecule has 1 heterocycles. The highest BCUT2D eigenvalue weighted by molar-refractivity contribution is 5.99. The molecule has 0 saturated heterocycles. The van der Waals surface area contributed by atoms with E-state index in [1.807, 2.05) is 24.3 Å². The molecule has 0 saturated carbocycles. The van der Waals surface area contributed by atoms with Crippen molar-refractivity contribution in [3.8, 4) is 5.75 Å². The van der Waals surface area contributed by atoms with Crippen molar-refractivity contribution in [3.05, 3.63) is 47.2 Å². The molecule has 0 amide bonds. The first-order valence-corrected chi connectivity index (χ1v) is 4.95. The molecular weight excluding hydrogens is 204 g/mol. The third-order valence-corrected chi connectivity index (χ3v) is 2.29. The molecule has 0 N–H and O–H groups in total. The molecule has 3 heteroatoms. The Bertz CT molecular complexity index is 466. The Hall–Kier alpha value is -2.03. The summed E-state index contributed by atoms with van der Waals surface area (Å²) < 4.78 is 9.97. The molecule has 1 aliphatic rings. The van der Waals surface area contributed by atoms with Gasteiger partial charge >= 0.3 is 5.97 Å². The van der Waals surface area contributed by atoms with Crippen LogP contribution < -0.4 is 4.74 Å². The highest BCUT2D eigenvalue weighted by Gasteiger charge is 2.17. The van der Waals surface area contributed by atoms with Gasteiger partial charge in [-0.05, 0) is 36.8 Å². The van der Waals surface area contributed by atoms with Gasteiger partial charge in [-0.1, -0.05) is 12.1 Å². The second kappa shape index (κ2) is 4.23. The largest absolute Gasteiger partial charge is 0.497 e. The maximum absolute atomic E-state index is 11.3. The molecule has 0 unspecified atom stereocenters. The minimum Gasteiger partial charge on any atom is -0.497 e. The Morgan fingerprint density at radius 1 is 1.25 bits per heavy atom. The van der Waals surface area contributed by atoms with Gasteiger partial charge in [0.1, 0.15) is 11.5 Å². The van der Waals surface area contributed by atoms with Crippen molar-refractivity contribution in [2.24, 2.45) is 0 Å². The predicted octanol–water partition coefficient (Wildman–Crippen LogP) is 2.54. The zero-order valence-corrected chi connectivity index (χ0v) is 9.19. The van der Waals surface area contributed by atoms with Crippen LogP contribution >= 0.6 is 0 Å². The summed E-state index contributed by atoms with van der Waals surface area (Å²) in [5.41, 5.74) is 1.52. The molecule has 1 aliphatic heterocycles. The summed E-state index contributed by atoms with van der Waals surface area (Å²) in [6, 6.07) is 7.48. The lowest BCUT2D eigenvalue weighted by Crippen LogP contribution is -1.96. The van der Waals surface area contributed by atoms with E-state index in [0.717, 1.165) is 11.3 Å². The van der Waals surface area contributed by atoms with Gasteiger partial charge in [-0.3, -0.25) is 0 Å². The average Bonchev–Trinajstić information content (AvgIpc) is 2.59. The molecule has 16 heavy (non-hydrogen) atoms. The molecule has 2 rings (SSSR count). The summed E-state index contributed by atoms with van der Waals surface area (Å²) in [5.74, 6) is 1.13. The van der Waals surface area contributed by atoms with Crippen molar-refractivity contribution >= 4 is 12.0 Å². The normalized spacial score (nSPS) is 17.2. The van der Waals surface area contributed by atoms with E-state index in [2.05, 4.69) is 0 Å². The molecular formula is C13H12O3. The van der Waals surface area contributed by atoms with Crippen LogP contribution in [-0.4, -0.2) is 13.1 Å². The zero-order chi connectivity index (χ0) is 11.5. The van der Waals surface area contributed by atoms with E-state index in [9.17, 15) is 4.79 Å².